The first-order valence-electron chi connectivity index (χ1n) is 7.03. The fraction of sp³-hybridized carbons (Fsp3) is 0.400. The van der Waals surface area contributed by atoms with E-state index in [9.17, 15) is 14.3 Å². The molecule has 21 heavy (non-hydrogen) atoms. The number of hydrogen-bond acceptors (Lipinski definition) is 3. The molecule has 0 aliphatic carbocycles. The standard InChI is InChI=1S/C15H18FN3O2/c1-8-10-6-9(16)2-3-11(10)18-14(8)15(21)19-12-7-17-5-4-13(12)20/h2-3,6,12-13,17-18,20H,4-5,7H2,1H3,(H,19,21). The molecule has 1 aliphatic heterocycles. The first-order chi connectivity index (χ1) is 10.1. The molecule has 0 spiro atoms. The lowest BCUT2D eigenvalue weighted by atomic mass is 10.0. The molecule has 1 fully saturated rings. The molecule has 2 atom stereocenters. The number of nitrogens with one attached hydrogen (secondary N) is 3. The summed E-state index contributed by atoms with van der Waals surface area (Å²) < 4.78 is 13.3. The largest absolute Gasteiger partial charge is 0.391 e. The van der Waals surface area contributed by atoms with Gasteiger partial charge in [0.1, 0.15) is 11.5 Å². The van der Waals surface area contributed by atoms with Crippen LogP contribution in [-0.4, -0.2) is 41.2 Å². The van der Waals surface area contributed by atoms with Crippen molar-refractivity contribution in [3.8, 4) is 0 Å². The number of aliphatic hydroxyl groups excluding tert-OH is 1. The molecular weight excluding hydrogens is 273 g/mol. The zero-order valence-electron chi connectivity index (χ0n) is 11.7. The fourth-order valence-corrected chi connectivity index (χ4v) is 2.76. The summed E-state index contributed by atoms with van der Waals surface area (Å²) in [4.78, 5) is 15.4. The maximum Gasteiger partial charge on any atom is 0.268 e. The molecule has 0 bridgehead atoms. The third kappa shape index (κ3) is 2.64. The number of aryl methyl sites for hydroxylation is 1. The summed E-state index contributed by atoms with van der Waals surface area (Å²) in [6.07, 6.45) is 0.0688. The van der Waals surface area contributed by atoms with Crippen LogP contribution in [0.2, 0.25) is 0 Å². The highest BCUT2D eigenvalue weighted by Gasteiger charge is 2.26. The Kier molecular flexibility index (Phi) is 3.65. The summed E-state index contributed by atoms with van der Waals surface area (Å²) in [7, 11) is 0. The number of amides is 1. The molecule has 1 saturated heterocycles. The van der Waals surface area contributed by atoms with E-state index in [1.165, 1.54) is 12.1 Å². The Morgan fingerprint density at radius 2 is 2.29 bits per heavy atom. The van der Waals surface area contributed by atoms with Crippen molar-refractivity contribution in [2.45, 2.75) is 25.5 Å². The van der Waals surface area contributed by atoms with E-state index >= 15 is 0 Å². The Balaban J connectivity index is 1.86. The van der Waals surface area contributed by atoms with Crippen molar-refractivity contribution in [3.05, 3.63) is 35.3 Å². The quantitative estimate of drug-likeness (QED) is 0.668. The highest BCUT2D eigenvalue weighted by molar-refractivity contribution is 6.01. The molecule has 1 amide bonds. The van der Waals surface area contributed by atoms with E-state index in [0.29, 0.717) is 29.6 Å². The molecule has 0 radical (unpaired) electrons. The topological polar surface area (TPSA) is 77.2 Å². The Labute approximate surface area is 121 Å². The summed E-state index contributed by atoms with van der Waals surface area (Å²) >= 11 is 0. The molecule has 2 unspecified atom stereocenters. The van der Waals surface area contributed by atoms with E-state index < -0.39 is 6.10 Å². The van der Waals surface area contributed by atoms with Crippen LogP contribution in [0.25, 0.3) is 10.9 Å². The molecule has 1 aromatic heterocycles. The van der Waals surface area contributed by atoms with Crippen molar-refractivity contribution in [3.63, 3.8) is 0 Å². The number of hydrogen-bond donors (Lipinski definition) is 4. The lowest BCUT2D eigenvalue weighted by molar-refractivity contribution is 0.0751. The van der Waals surface area contributed by atoms with Gasteiger partial charge in [0, 0.05) is 17.4 Å². The van der Waals surface area contributed by atoms with Crippen molar-refractivity contribution in [2.75, 3.05) is 13.1 Å². The van der Waals surface area contributed by atoms with Crippen molar-refractivity contribution < 1.29 is 14.3 Å². The number of aromatic amines is 1. The zero-order valence-corrected chi connectivity index (χ0v) is 11.7. The number of aliphatic hydroxyl groups is 1. The van der Waals surface area contributed by atoms with Crippen molar-refractivity contribution >= 4 is 16.8 Å². The van der Waals surface area contributed by atoms with Gasteiger partial charge in [-0.25, -0.2) is 4.39 Å². The van der Waals surface area contributed by atoms with Crippen LogP contribution in [0.3, 0.4) is 0 Å². The summed E-state index contributed by atoms with van der Waals surface area (Å²) in [5.74, 6) is -0.611. The summed E-state index contributed by atoms with van der Waals surface area (Å²) in [5.41, 5.74) is 1.84. The molecule has 2 heterocycles. The van der Waals surface area contributed by atoms with Gasteiger partial charge in [0.25, 0.3) is 5.91 Å². The average Bonchev–Trinajstić information content (AvgIpc) is 2.79. The van der Waals surface area contributed by atoms with Gasteiger partial charge in [0.05, 0.1) is 12.1 Å². The van der Waals surface area contributed by atoms with Crippen LogP contribution in [0.15, 0.2) is 18.2 Å². The smallest absolute Gasteiger partial charge is 0.268 e. The minimum absolute atomic E-state index is 0.281. The van der Waals surface area contributed by atoms with E-state index in [-0.39, 0.29) is 17.8 Å². The molecule has 2 aromatic rings. The zero-order chi connectivity index (χ0) is 15.0. The number of carbonyl (C=O) groups is 1. The lowest BCUT2D eigenvalue weighted by Crippen LogP contribution is -2.53. The Morgan fingerprint density at radius 3 is 3.05 bits per heavy atom. The Morgan fingerprint density at radius 1 is 1.48 bits per heavy atom. The minimum atomic E-state index is -0.544. The second-order valence-electron chi connectivity index (χ2n) is 5.46. The minimum Gasteiger partial charge on any atom is -0.391 e. The molecule has 112 valence electrons. The maximum absolute atomic E-state index is 13.3. The van der Waals surface area contributed by atoms with Gasteiger partial charge in [-0.15, -0.1) is 0 Å². The van der Waals surface area contributed by atoms with Gasteiger partial charge in [-0.3, -0.25) is 4.79 Å². The summed E-state index contributed by atoms with van der Waals surface area (Å²) in [6, 6.07) is 4.07. The Hall–Kier alpha value is -1.92. The van der Waals surface area contributed by atoms with Gasteiger partial charge in [-0.05, 0) is 43.7 Å². The molecule has 3 rings (SSSR count). The number of aromatic nitrogens is 1. The van der Waals surface area contributed by atoms with Gasteiger partial charge >= 0.3 is 0 Å². The van der Waals surface area contributed by atoms with Crippen molar-refractivity contribution in [1.29, 1.82) is 0 Å². The average molecular weight is 291 g/mol. The molecule has 6 heteroatoms. The number of fused-ring (bicyclic) bond motifs is 1. The third-order valence-corrected chi connectivity index (χ3v) is 4.01. The number of rotatable bonds is 2. The molecule has 0 saturated carbocycles. The monoisotopic (exact) mass is 291 g/mol. The van der Waals surface area contributed by atoms with Crippen LogP contribution in [-0.2, 0) is 0 Å². The number of H-pyrrole nitrogens is 1. The SMILES string of the molecule is Cc1c(C(=O)NC2CNCCC2O)[nH]c2ccc(F)cc12. The molecule has 1 aliphatic rings. The van der Waals surface area contributed by atoms with Crippen LogP contribution in [0.1, 0.15) is 22.5 Å². The normalized spacial score (nSPS) is 22.4. The van der Waals surface area contributed by atoms with Crippen LogP contribution in [0.5, 0.6) is 0 Å². The first kappa shape index (κ1) is 14.0. The highest BCUT2D eigenvalue weighted by atomic mass is 19.1. The third-order valence-electron chi connectivity index (χ3n) is 4.01. The van der Waals surface area contributed by atoms with Gasteiger partial charge in [0.15, 0.2) is 0 Å². The molecule has 5 nitrogen and oxygen atoms in total. The Bertz CT molecular complexity index is 683. The molecule has 4 N–H and O–H groups in total. The van der Waals surface area contributed by atoms with Crippen molar-refractivity contribution in [1.82, 2.24) is 15.6 Å². The number of halogens is 1. The van der Waals surface area contributed by atoms with E-state index in [4.69, 9.17) is 0 Å². The van der Waals surface area contributed by atoms with Gasteiger partial charge in [0.2, 0.25) is 0 Å². The van der Waals surface area contributed by atoms with E-state index in [0.717, 1.165) is 12.1 Å². The maximum atomic E-state index is 13.3. The van der Waals surface area contributed by atoms with E-state index in [1.807, 2.05) is 0 Å². The number of benzene rings is 1. The van der Waals surface area contributed by atoms with Gasteiger partial charge in [-0.1, -0.05) is 0 Å². The molecule has 1 aromatic carbocycles. The summed E-state index contributed by atoms with van der Waals surface area (Å²) in [6.45, 7) is 3.07. The van der Waals surface area contributed by atoms with Crippen molar-refractivity contribution in [2.24, 2.45) is 0 Å². The van der Waals surface area contributed by atoms with Crippen LogP contribution < -0.4 is 10.6 Å². The number of carbonyl (C=O) groups excluding carboxylic acids is 1. The molecular formula is C15H18FN3O2. The lowest BCUT2D eigenvalue weighted by Gasteiger charge is -2.29. The van der Waals surface area contributed by atoms with Crippen LogP contribution in [0, 0.1) is 12.7 Å². The first-order valence-corrected chi connectivity index (χ1v) is 7.03. The van der Waals surface area contributed by atoms with Crippen LogP contribution in [0.4, 0.5) is 4.39 Å². The van der Waals surface area contributed by atoms with E-state index in [1.54, 1.807) is 13.0 Å². The van der Waals surface area contributed by atoms with Gasteiger partial charge < -0.3 is 20.7 Å². The van der Waals surface area contributed by atoms with Gasteiger partial charge in [-0.2, -0.15) is 0 Å². The number of piperidine rings is 1. The summed E-state index contributed by atoms with van der Waals surface area (Å²) in [5, 5.41) is 16.6. The second kappa shape index (κ2) is 5.46. The second-order valence-corrected chi connectivity index (χ2v) is 5.46. The fourth-order valence-electron chi connectivity index (χ4n) is 2.76. The van der Waals surface area contributed by atoms with E-state index in [2.05, 4.69) is 15.6 Å². The highest BCUT2D eigenvalue weighted by Crippen LogP contribution is 2.22. The predicted octanol–water partition coefficient (Wildman–Crippen LogP) is 1.07. The van der Waals surface area contributed by atoms with Crippen LogP contribution >= 0.6 is 0 Å². The predicted molar refractivity (Wildman–Crippen MR) is 77.7 cm³/mol.